The Kier molecular flexibility index (Phi) is 10.7. The number of carboxylic acids is 2. The number of hydrogen-bond donors (Lipinski definition) is 2. The fourth-order valence-corrected chi connectivity index (χ4v) is 6.76. The fourth-order valence-electron chi connectivity index (χ4n) is 5.14. The van der Waals surface area contributed by atoms with E-state index in [0.717, 1.165) is 38.8 Å². The van der Waals surface area contributed by atoms with Gasteiger partial charge in [-0.25, -0.2) is 9.59 Å². The van der Waals surface area contributed by atoms with Gasteiger partial charge in [0, 0.05) is 21.3 Å². The Morgan fingerprint density at radius 3 is 1.51 bits per heavy atom. The molecule has 0 atom stereocenters. The first kappa shape index (κ1) is 32.0. The molecule has 1 aliphatic rings. The topological polar surface area (TPSA) is 93.1 Å². The van der Waals surface area contributed by atoms with Gasteiger partial charge in [0.2, 0.25) is 0 Å². The molecule has 0 radical (unpaired) electrons. The van der Waals surface area contributed by atoms with E-state index in [2.05, 4.69) is 60.7 Å². The van der Waals surface area contributed by atoms with Crippen molar-refractivity contribution in [1.29, 1.82) is 0 Å². The molecule has 0 amide bonds. The number of aryl methyl sites for hydroxylation is 2. The van der Waals surface area contributed by atoms with Gasteiger partial charge in [0.15, 0.2) is 13.2 Å². The monoisotopic (exact) mass is 638 g/mol. The molecule has 6 nitrogen and oxygen atoms in total. The summed E-state index contributed by atoms with van der Waals surface area (Å²) in [6, 6.07) is 25.0. The minimum atomic E-state index is -0.985. The van der Waals surface area contributed by atoms with Crippen LogP contribution in [0.4, 0.5) is 0 Å². The number of carboxylic acid groups (broad SMARTS) is 2. The Bertz CT molecular complexity index is 1650. The van der Waals surface area contributed by atoms with Crippen molar-refractivity contribution in [2.24, 2.45) is 0 Å². The van der Waals surface area contributed by atoms with E-state index in [4.69, 9.17) is 19.7 Å². The molecule has 0 heterocycles. The Labute approximate surface area is 271 Å². The number of hydrogen-bond acceptors (Lipinski definition) is 6. The predicted octanol–water partition coefficient (Wildman–Crippen LogP) is 8.41. The van der Waals surface area contributed by atoms with Crippen LogP contribution < -0.4 is 9.47 Å². The van der Waals surface area contributed by atoms with Gasteiger partial charge in [-0.15, -0.1) is 23.5 Å². The average Bonchev–Trinajstić information content (AvgIpc) is 3.37. The SMILES string of the molecule is Cc1cc(SCC=Cc2ccc3c(c2)Cc2cc(C=CCSc4ccc(OCC(=O)O)c(C)c4)ccc2-3)ccc1OCC(=O)O. The van der Waals surface area contributed by atoms with Crippen LogP contribution in [0, 0.1) is 13.8 Å². The highest BCUT2D eigenvalue weighted by atomic mass is 32.2. The Hall–Kier alpha value is -4.40. The minimum absolute atomic E-state index is 0.340. The molecule has 5 rings (SSSR count). The maximum atomic E-state index is 10.7. The largest absolute Gasteiger partial charge is 0.482 e. The van der Waals surface area contributed by atoms with Gasteiger partial charge in [0.1, 0.15) is 11.5 Å². The molecule has 0 saturated carbocycles. The maximum Gasteiger partial charge on any atom is 0.341 e. The molecule has 0 unspecified atom stereocenters. The van der Waals surface area contributed by atoms with Crippen molar-refractivity contribution in [3.63, 3.8) is 0 Å². The summed E-state index contributed by atoms with van der Waals surface area (Å²) in [5, 5.41) is 17.6. The van der Waals surface area contributed by atoms with Gasteiger partial charge in [-0.3, -0.25) is 0 Å². The average molecular weight is 639 g/mol. The lowest BCUT2D eigenvalue weighted by atomic mass is 10.0. The standard InChI is InChI=1S/C37H34O6S2/c1-24-17-30(9-13-34(24)42-22-36(38)39)44-15-3-5-26-7-11-32-28(19-26)21-29-20-27(8-12-33(29)32)6-4-16-45-31-10-14-35(25(2)18-31)43-23-37(40)41/h3-14,17-20H,15-16,21-23H2,1-2H3,(H,38,39)(H,40,41). The van der Waals surface area contributed by atoms with E-state index >= 15 is 0 Å². The molecule has 0 bridgehead atoms. The van der Waals surface area contributed by atoms with Crippen LogP contribution in [0.3, 0.4) is 0 Å². The second-order valence-corrected chi connectivity index (χ2v) is 12.8. The Balaban J connectivity index is 1.12. The van der Waals surface area contributed by atoms with E-state index in [-0.39, 0.29) is 13.2 Å². The quantitative estimate of drug-likeness (QED) is 0.117. The van der Waals surface area contributed by atoms with Crippen LogP contribution in [0.25, 0.3) is 23.3 Å². The van der Waals surface area contributed by atoms with Gasteiger partial charge in [-0.1, -0.05) is 60.7 Å². The fraction of sp³-hybridized carbons (Fsp3) is 0.189. The van der Waals surface area contributed by atoms with E-state index in [1.54, 1.807) is 23.5 Å². The van der Waals surface area contributed by atoms with Crippen molar-refractivity contribution < 1.29 is 29.3 Å². The summed E-state index contributed by atoms with van der Waals surface area (Å²) in [5.74, 6) is 0.875. The molecule has 2 N–H and O–H groups in total. The number of thioether (sulfide) groups is 2. The summed E-state index contributed by atoms with van der Waals surface area (Å²) in [7, 11) is 0. The number of aliphatic carboxylic acids is 2. The Morgan fingerprint density at radius 1 is 0.667 bits per heavy atom. The number of carbonyl (C=O) groups is 2. The van der Waals surface area contributed by atoms with Crippen molar-refractivity contribution >= 4 is 47.6 Å². The van der Waals surface area contributed by atoms with Crippen LogP contribution >= 0.6 is 23.5 Å². The van der Waals surface area contributed by atoms with Gasteiger partial charge >= 0.3 is 11.9 Å². The van der Waals surface area contributed by atoms with Crippen LogP contribution in [-0.4, -0.2) is 46.9 Å². The smallest absolute Gasteiger partial charge is 0.341 e. The highest BCUT2D eigenvalue weighted by Crippen LogP contribution is 2.38. The molecule has 4 aromatic carbocycles. The minimum Gasteiger partial charge on any atom is -0.482 e. The number of fused-ring (bicyclic) bond motifs is 3. The first-order chi connectivity index (χ1) is 21.7. The molecular formula is C37H34O6S2. The molecular weight excluding hydrogens is 605 g/mol. The highest BCUT2D eigenvalue weighted by molar-refractivity contribution is 7.99. The first-order valence-electron chi connectivity index (χ1n) is 14.5. The summed E-state index contributed by atoms with van der Waals surface area (Å²) >= 11 is 3.45. The van der Waals surface area contributed by atoms with Crippen molar-refractivity contribution in [1.82, 2.24) is 0 Å². The van der Waals surface area contributed by atoms with Crippen molar-refractivity contribution in [2.75, 3.05) is 24.7 Å². The van der Waals surface area contributed by atoms with Crippen LogP contribution in [0.15, 0.2) is 94.7 Å². The van der Waals surface area contributed by atoms with E-state index in [1.807, 2.05) is 50.2 Å². The van der Waals surface area contributed by atoms with Crippen molar-refractivity contribution in [2.45, 2.75) is 30.1 Å². The van der Waals surface area contributed by atoms with Crippen molar-refractivity contribution in [3.8, 4) is 22.6 Å². The summed E-state index contributed by atoms with van der Waals surface area (Å²) in [4.78, 5) is 23.7. The van der Waals surface area contributed by atoms with E-state index < -0.39 is 11.9 Å². The van der Waals surface area contributed by atoms with Gasteiger partial charge in [0.25, 0.3) is 0 Å². The molecule has 8 heteroatoms. The van der Waals surface area contributed by atoms with Crippen molar-refractivity contribution in [3.05, 3.63) is 118 Å². The zero-order chi connectivity index (χ0) is 31.8. The molecule has 0 fully saturated rings. The lowest BCUT2D eigenvalue weighted by Gasteiger charge is -2.08. The molecule has 230 valence electrons. The van der Waals surface area contributed by atoms with E-state index in [9.17, 15) is 9.59 Å². The summed E-state index contributed by atoms with van der Waals surface area (Å²) < 4.78 is 10.6. The molecule has 45 heavy (non-hydrogen) atoms. The second kappa shape index (κ2) is 15.1. The van der Waals surface area contributed by atoms with Crippen LogP contribution in [0.1, 0.15) is 33.4 Å². The summed E-state index contributed by atoms with van der Waals surface area (Å²) in [6.45, 7) is 3.17. The third-order valence-electron chi connectivity index (χ3n) is 7.24. The molecule has 1 aliphatic carbocycles. The summed E-state index contributed by atoms with van der Waals surface area (Å²) in [6.07, 6.45) is 9.59. The first-order valence-corrected chi connectivity index (χ1v) is 16.5. The lowest BCUT2D eigenvalue weighted by molar-refractivity contribution is -0.140. The van der Waals surface area contributed by atoms with Gasteiger partial charge in [-0.2, -0.15) is 0 Å². The molecule has 0 aromatic heterocycles. The lowest BCUT2D eigenvalue weighted by Crippen LogP contribution is -2.09. The second-order valence-electron chi connectivity index (χ2n) is 10.7. The molecule has 0 spiro atoms. The van der Waals surface area contributed by atoms with E-state index in [1.165, 1.54) is 33.4 Å². The molecule has 4 aromatic rings. The molecule has 0 aliphatic heterocycles. The molecule has 0 saturated heterocycles. The zero-order valence-electron chi connectivity index (χ0n) is 25.1. The maximum absolute atomic E-state index is 10.7. The van der Waals surface area contributed by atoms with Crippen LogP contribution in [-0.2, 0) is 16.0 Å². The predicted molar refractivity (Wildman–Crippen MR) is 183 cm³/mol. The third kappa shape index (κ3) is 8.84. The number of ether oxygens (including phenoxy) is 2. The van der Waals surface area contributed by atoms with Crippen LogP contribution in [0.5, 0.6) is 11.5 Å². The highest BCUT2D eigenvalue weighted by Gasteiger charge is 2.18. The normalized spacial score (nSPS) is 12.0. The van der Waals surface area contributed by atoms with Gasteiger partial charge in [-0.05, 0) is 101 Å². The van der Waals surface area contributed by atoms with Gasteiger partial charge in [0.05, 0.1) is 0 Å². The number of rotatable bonds is 14. The van der Waals surface area contributed by atoms with Crippen LogP contribution in [0.2, 0.25) is 0 Å². The Morgan fingerprint density at radius 2 is 1.11 bits per heavy atom. The zero-order valence-corrected chi connectivity index (χ0v) is 26.8. The summed E-state index contributed by atoms with van der Waals surface area (Å²) in [5.41, 5.74) is 9.50. The number of benzene rings is 4. The van der Waals surface area contributed by atoms with E-state index in [0.29, 0.717) is 11.5 Å². The van der Waals surface area contributed by atoms with Gasteiger partial charge < -0.3 is 19.7 Å². The third-order valence-corrected chi connectivity index (χ3v) is 9.13.